The van der Waals surface area contributed by atoms with Crippen molar-refractivity contribution >= 4 is 15.7 Å². The molecule has 0 bridgehead atoms. The van der Waals surface area contributed by atoms with Crippen molar-refractivity contribution in [1.29, 1.82) is 0 Å². The van der Waals surface area contributed by atoms with E-state index in [1.807, 2.05) is 6.92 Å². The number of hydrogen-bond acceptors (Lipinski definition) is 5. The van der Waals surface area contributed by atoms with E-state index >= 15 is 0 Å². The van der Waals surface area contributed by atoms with Crippen LogP contribution in [0.25, 0.3) is 0 Å². The summed E-state index contributed by atoms with van der Waals surface area (Å²) in [5.74, 6) is 1.10. The third kappa shape index (κ3) is 3.47. The van der Waals surface area contributed by atoms with E-state index < -0.39 is 10.0 Å². The van der Waals surface area contributed by atoms with Crippen LogP contribution in [0.3, 0.4) is 0 Å². The van der Waals surface area contributed by atoms with Crippen LogP contribution in [-0.4, -0.2) is 39.0 Å². The molecular weight excluding hydrogens is 328 g/mol. The molecule has 0 amide bonds. The number of nitrogens with two attached hydrogens (primary N) is 1. The van der Waals surface area contributed by atoms with Crippen LogP contribution < -0.4 is 15.2 Å². The average molecular weight is 348 g/mol. The molecule has 128 valence electrons. The van der Waals surface area contributed by atoms with Gasteiger partial charge in [0, 0.05) is 24.8 Å². The van der Waals surface area contributed by atoms with E-state index in [9.17, 15) is 8.42 Å². The fourth-order valence-electron chi connectivity index (χ4n) is 2.48. The largest absolute Gasteiger partial charge is 0.488 e. The molecule has 2 N–H and O–H groups in total. The fraction of sp³-hybridized carbons (Fsp3) is 0.294. The molecule has 1 aliphatic rings. The SMILES string of the molecule is Cc1ccc(S(=O)(=O)N2CCOc3ccc(N)cc3OCC2)cc1. The van der Waals surface area contributed by atoms with Gasteiger partial charge < -0.3 is 15.2 Å². The molecule has 0 unspecified atom stereocenters. The Morgan fingerprint density at radius 3 is 2.25 bits per heavy atom. The van der Waals surface area contributed by atoms with Crippen molar-refractivity contribution in [3.8, 4) is 11.5 Å². The lowest BCUT2D eigenvalue weighted by Gasteiger charge is -2.21. The summed E-state index contributed by atoms with van der Waals surface area (Å²) in [6, 6.07) is 11.9. The van der Waals surface area contributed by atoms with Gasteiger partial charge in [0.25, 0.3) is 0 Å². The lowest BCUT2D eigenvalue weighted by Crippen LogP contribution is -2.37. The Hall–Kier alpha value is -2.25. The minimum Gasteiger partial charge on any atom is -0.488 e. The first-order chi connectivity index (χ1) is 11.5. The first-order valence-electron chi connectivity index (χ1n) is 7.69. The number of rotatable bonds is 2. The predicted octanol–water partition coefficient (Wildman–Crippen LogP) is 2.04. The highest BCUT2D eigenvalue weighted by atomic mass is 32.2. The third-order valence-corrected chi connectivity index (χ3v) is 5.74. The number of ether oxygens (including phenoxy) is 2. The fourth-order valence-corrected chi connectivity index (χ4v) is 3.89. The van der Waals surface area contributed by atoms with Gasteiger partial charge in [-0.15, -0.1) is 0 Å². The number of anilines is 1. The molecule has 1 heterocycles. The molecule has 3 rings (SSSR count). The zero-order valence-electron chi connectivity index (χ0n) is 13.4. The number of nitrogen functional groups attached to an aromatic ring is 1. The van der Waals surface area contributed by atoms with Crippen LogP contribution in [0.1, 0.15) is 5.56 Å². The van der Waals surface area contributed by atoms with Gasteiger partial charge >= 0.3 is 0 Å². The molecule has 0 aliphatic carbocycles. The van der Waals surface area contributed by atoms with E-state index in [2.05, 4.69) is 0 Å². The Balaban J connectivity index is 1.80. The van der Waals surface area contributed by atoms with Gasteiger partial charge in [0.2, 0.25) is 10.0 Å². The molecule has 0 saturated heterocycles. The molecule has 0 radical (unpaired) electrons. The van der Waals surface area contributed by atoms with Crippen molar-refractivity contribution in [3.63, 3.8) is 0 Å². The van der Waals surface area contributed by atoms with E-state index in [0.29, 0.717) is 17.2 Å². The summed E-state index contributed by atoms with van der Waals surface area (Å²) in [7, 11) is -3.58. The molecule has 0 atom stereocenters. The Kier molecular flexibility index (Phi) is 4.64. The standard InChI is InChI=1S/C17H20N2O4S/c1-13-2-5-15(6-3-13)24(20,21)19-8-10-22-16-7-4-14(18)12-17(16)23-11-9-19/h2-7,12H,8-11,18H2,1H3. The molecule has 2 aromatic carbocycles. The molecule has 0 fully saturated rings. The number of benzene rings is 2. The monoisotopic (exact) mass is 348 g/mol. The van der Waals surface area contributed by atoms with Crippen LogP contribution in [0.4, 0.5) is 5.69 Å². The van der Waals surface area contributed by atoms with Gasteiger partial charge in [-0.2, -0.15) is 4.31 Å². The van der Waals surface area contributed by atoms with Crippen molar-refractivity contribution in [2.45, 2.75) is 11.8 Å². The normalized spacial score (nSPS) is 16.0. The number of nitrogens with zero attached hydrogens (tertiary/aromatic N) is 1. The van der Waals surface area contributed by atoms with Crippen molar-refractivity contribution in [2.24, 2.45) is 0 Å². The Morgan fingerprint density at radius 1 is 0.958 bits per heavy atom. The van der Waals surface area contributed by atoms with Crippen LogP contribution in [0.15, 0.2) is 47.4 Å². The minimum atomic E-state index is -3.58. The second kappa shape index (κ2) is 6.70. The number of hydrogen-bond donors (Lipinski definition) is 1. The smallest absolute Gasteiger partial charge is 0.243 e. The van der Waals surface area contributed by atoms with E-state index in [1.165, 1.54) is 4.31 Å². The summed E-state index contributed by atoms with van der Waals surface area (Å²) in [6.07, 6.45) is 0. The zero-order chi connectivity index (χ0) is 17.2. The Labute approximate surface area is 141 Å². The summed E-state index contributed by atoms with van der Waals surface area (Å²) in [6.45, 7) is 2.88. The molecule has 2 aromatic rings. The van der Waals surface area contributed by atoms with Crippen molar-refractivity contribution in [1.82, 2.24) is 4.31 Å². The number of aryl methyl sites for hydroxylation is 1. The molecule has 0 saturated carbocycles. The Morgan fingerprint density at radius 2 is 1.58 bits per heavy atom. The van der Waals surface area contributed by atoms with E-state index in [4.69, 9.17) is 15.2 Å². The molecular formula is C17H20N2O4S. The molecule has 7 heteroatoms. The van der Waals surface area contributed by atoms with Crippen LogP contribution in [0, 0.1) is 6.92 Å². The highest BCUT2D eigenvalue weighted by molar-refractivity contribution is 7.89. The minimum absolute atomic E-state index is 0.227. The maximum absolute atomic E-state index is 12.8. The molecule has 24 heavy (non-hydrogen) atoms. The maximum atomic E-state index is 12.8. The summed E-state index contributed by atoms with van der Waals surface area (Å²) in [4.78, 5) is 0.272. The van der Waals surface area contributed by atoms with Gasteiger partial charge in [0.1, 0.15) is 13.2 Å². The molecule has 0 aromatic heterocycles. The van der Waals surface area contributed by atoms with E-state index in [0.717, 1.165) is 5.56 Å². The highest BCUT2D eigenvalue weighted by Gasteiger charge is 2.25. The van der Waals surface area contributed by atoms with Crippen molar-refractivity contribution in [3.05, 3.63) is 48.0 Å². The predicted molar refractivity (Wildman–Crippen MR) is 91.8 cm³/mol. The van der Waals surface area contributed by atoms with Gasteiger partial charge in [0.05, 0.1) is 4.90 Å². The zero-order valence-corrected chi connectivity index (χ0v) is 14.3. The lowest BCUT2D eigenvalue weighted by atomic mass is 10.2. The van der Waals surface area contributed by atoms with Crippen LogP contribution in [0.5, 0.6) is 11.5 Å². The third-order valence-electron chi connectivity index (χ3n) is 3.82. The van der Waals surface area contributed by atoms with Crippen LogP contribution in [0.2, 0.25) is 0 Å². The van der Waals surface area contributed by atoms with Gasteiger partial charge in [-0.05, 0) is 31.2 Å². The van der Waals surface area contributed by atoms with Gasteiger partial charge in [-0.25, -0.2) is 8.42 Å². The van der Waals surface area contributed by atoms with Gasteiger partial charge in [-0.3, -0.25) is 0 Å². The van der Waals surface area contributed by atoms with Crippen LogP contribution >= 0.6 is 0 Å². The van der Waals surface area contributed by atoms with Gasteiger partial charge in [-0.1, -0.05) is 17.7 Å². The van der Waals surface area contributed by atoms with Gasteiger partial charge in [0.15, 0.2) is 11.5 Å². The summed E-state index contributed by atoms with van der Waals surface area (Å²) in [5.41, 5.74) is 7.34. The van der Waals surface area contributed by atoms with E-state index in [1.54, 1.807) is 42.5 Å². The second-order valence-electron chi connectivity index (χ2n) is 5.62. The molecule has 6 nitrogen and oxygen atoms in total. The topological polar surface area (TPSA) is 81.9 Å². The van der Waals surface area contributed by atoms with E-state index in [-0.39, 0.29) is 31.2 Å². The Bertz CT molecular complexity index is 819. The number of sulfonamides is 1. The van der Waals surface area contributed by atoms with Crippen LogP contribution in [-0.2, 0) is 10.0 Å². The molecule has 0 spiro atoms. The summed E-state index contributed by atoms with van der Waals surface area (Å²) in [5, 5.41) is 0. The first-order valence-corrected chi connectivity index (χ1v) is 9.13. The van der Waals surface area contributed by atoms with Crippen molar-refractivity contribution < 1.29 is 17.9 Å². The average Bonchev–Trinajstić information content (AvgIpc) is 2.65. The lowest BCUT2D eigenvalue weighted by molar-refractivity contribution is 0.271. The highest BCUT2D eigenvalue weighted by Crippen LogP contribution is 2.30. The number of fused-ring (bicyclic) bond motifs is 1. The maximum Gasteiger partial charge on any atom is 0.243 e. The summed E-state index contributed by atoms with van der Waals surface area (Å²) >= 11 is 0. The quantitative estimate of drug-likeness (QED) is 0.840. The molecule has 1 aliphatic heterocycles. The second-order valence-corrected chi connectivity index (χ2v) is 7.56. The van der Waals surface area contributed by atoms with Crippen molar-refractivity contribution in [2.75, 3.05) is 32.0 Å². The first kappa shape index (κ1) is 16.6. The summed E-state index contributed by atoms with van der Waals surface area (Å²) < 4.78 is 38.3.